The van der Waals surface area contributed by atoms with E-state index in [0.717, 1.165) is 11.1 Å². The number of benzene rings is 1. The van der Waals surface area contributed by atoms with Gasteiger partial charge in [-0.1, -0.05) is 41.9 Å². The maximum atomic E-state index is 11.8. The molecule has 0 saturated heterocycles. The average molecular weight is 316 g/mol. The van der Waals surface area contributed by atoms with E-state index in [4.69, 9.17) is 22.1 Å². The SMILES string of the molecule is NC(=O)c1ncc(Cl)c(C2C=COCN2)c1-c1ccccc1. The number of aromatic nitrogens is 1. The summed E-state index contributed by atoms with van der Waals surface area (Å²) in [6, 6.07) is 9.28. The minimum atomic E-state index is -0.590. The van der Waals surface area contributed by atoms with Gasteiger partial charge in [0.1, 0.15) is 12.4 Å². The third-order valence-electron chi connectivity index (χ3n) is 3.43. The molecule has 0 saturated carbocycles. The van der Waals surface area contributed by atoms with Crippen molar-refractivity contribution in [3.05, 3.63) is 65.1 Å². The van der Waals surface area contributed by atoms with Crippen LogP contribution in [-0.4, -0.2) is 17.6 Å². The number of rotatable bonds is 3. The molecule has 1 atom stereocenters. The fourth-order valence-electron chi connectivity index (χ4n) is 2.48. The summed E-state index contributed by atoms with van der Waals surface area (Å²) in [5.41, 5.74) is 7.93. The Labute approximate surface area is 132 Å². The van der Waals surface area contributed by atoms with Gasteiger partial charge < -0.3 is 10.5 Å². The van der Waals surface area contributed by atoms with Gasteiger partial charge in [-0.2, -0.15) is 0 Å². The van der Waals surface area contributed by atoms with Crippen molar-refractivity contribution in [3.8, 4) is 11.1 Å². The number of hydrogen-bond donors (Lipinski definition) is 2. The van der Waals surface area contributed by atoms with Crippen molar-refractivity contribution in [3.63, 3.8) is 0 Å². The lowest BCUT2D eigenvalue weighted by Gasteiger charge is -2.24. The highest BCUT2D eigenvalue weighted by Crippen LogP contribution is 2.36. The van der Waals surface area contributed by atoms with E-state index in [9.17, 15) is 4.79 Å². The number of nitrogens with two attached hydrogens (primary N) is 1. The van der Waals surface area contributed by atoms with Gasteiger partial charge in [0.2, 0.25) is 0 Å². The van der Waals surface area contributed by atoms with E-state index >= 15 is 0 Å². The van der Waals surface area contributed by atoms with E-state index in [-0.39, 0.29) is 11.7 Å². The summed E-state index contributed by atoms with van der Waals surface area (Å²) in [6.07, 6.45) is 4.90. The highest BCUT2D eigenvalue weighted by molar-refractivity contribution is 6.32. The van der Waals surface area contributed by atoms with Crippen LogP contribution in [0.25, 0.3) is 11.1 Å². The molecule has 22 heavy (non-hydrogen) atoms. The lowest BCUT2D eigenvalue weighted by molar-refractivity contribution is 0.0996. The Bertz CT molecular complexity index is 732. The first-order valence-electron chi connectivity index (χ1n) is 6.73. The lowest BCUT2D eigenvalue weighted by atomic mass is 9.93. The van der Waals surface area contributed by atoms with E-state index in [0.29, 0.717) is 17.3 Å². The summed E-state index contributed by atoms with van der Waals surface area (Å²) in [7, 11) is 0. The summed E-state index contributed by atoms with van der Waals surface area (Å²) >= 11 is 6.36. The van der Waals surface area contributed by atoms with E-state index in [1.165, 1.54) is 6.20 Å². The first kappa shape index (κ1) is 14.6. The van der Waals surface area contributed by atoms with Crippen molar-refractivity contribution in [2.24, 2.45) is 5.73 Å². The van der Waals surface area contributed by atoms with Crippen LogP contribution < -0.4 is 11.1 Å². The zero-order chi connectivity index (χ0) is 15.5. The fraction of sp³-hybridized carbons (Fsp3) is 0.125. The molecular weight excluding hydrogens is 302 g/mol. The molecule has 0 aliphatic carbocycles. The number of hydrogen-bond acceptors (Lipinski definition) is 4. The number of nitrogens with one attached hydrogen (secondary N) is 1. The van der Waals surface area contributed by atoms with Crippen molar-refractivity contribution in [2.45, 2.75) is 6.04 Å². The Hall–Kier alpha value is -2.37. The Kier molecular flexibility index (Phi) is 4.09. The first-order valence-corrected chi connectivity index (χ1v) is 7.11. The molecule has 2 aromatic rings. The molecular formula is C16H14ClN3O2. The molecule has 1 aliphatic rings. The van der Waals surface area contributed by atoms with Gasteiger partial charge in [0.05, 0.1) is 17.3 Å². The zero-order valence-electron chi connectivity index (χ0n) is 11.6. The predicted octanol–water partition coefficient (Wildman–Crippen LogP) is 2.63. The Morgan fingerprint density at radius 3 is 2.77 bits per heavy atom. The number of ether oxygens (including phenoxy) is 1. The Morgan fingerprint density at radius 2 is 2.14 bits per heavy atom. The predicted molar refractivity (Wildman–Crippen MR) is 84.2 cm³/mol. The van der Waals surface area contributed by atoms with Crippen molar-refractivity contribution < 1.29 is 9.53 Å². The van der Waals surface area contributed by atoms with Crippen LogP contribution in [0.4, 0.5) is 0 Å². The van der Waals surface area contributed by atoms with Crippen LogP contribution in [0.3, 0.4) is 0 Å². The van der Waals surface area contributed by atoms with Gasteiger partial charge in [0.25, 0.3) is 5.91 Å². The molecule has 0 fully saturated rings. The Balaban J connectivity index is 2.27. The molecule has 3 rings (SSSR count). The summed E-state index contributed by atoms with van der Waals surface area (Å²) in [4.78, 5) is 15.9. The Morgan fingerprint density at radius 1 is 1.36 bits per heavy atom. The second kappa shape index (κ2) is 6.17. The molecule has 2 heterocycles. The van der Waals surface area contributed by atoms with Gasteiger partial charge in [0.15, 0.2) is 0 Å². The van der Waals surface area contributed by atoms with Crippen molar-refractivity contribution >= 4 is 17.5 Å². The number of carbonyl (C=O) groups excluding carboxylic acids is 1. The van der Waals surface area contributed by atoms with Crippen LogP contribution in [-0.2, 0) is 4.74 Å². The lowest BCUT2D eigenvalue weighted by Crippen LogP contribution is -2.27. The van der Waals surface area contributed by atoms with Crippen LogP contribution >= 0.6 is 11.6 Å². The van der Waals surface area contributed by atoms with E-state index in [1.807, 2.05) is 36.4 Å². The largest absolute Gasteiger partial charge is 0.486 e. The third-order valence-corrected chi connectivity index (χ3v) is 3.73. The van der Waals surface area contributed by atoms with Crippen LogP contribution in [0.15, 0.2) is 48.9 Å². The molecule has 0 spiro atoms. The molecule has 0 radical (unpaired) electrons. The maximum Gasteiger partial charge on any atom is 0.267 e. The standard InChI is InChI=1S/C16H14ClN3O2/c17-11-8-19-15(16(18)21)13(10-4-2-1-3-5-10)14(11)12-6-7-22-9-20-12/h1-8,12,20H,9H2,(H2,18,21). The van der Waals surface area contributed by atoms with Gasteiger partial charge in [0, 0.05) is 17.3 Å². The minimum Gasteiger partial charge on any atom is -0.486 e. The number of pyridine rings is 1. The number of amides is 1. The molecule has 1 aromatic heterocycles. The molecule has 6 heteroatoms. The van der Waals surface area contributed by atoms with Crippen molar-refractivity contribution in [2.75, 3.05) is 6.73 Å². The summed E-state index contributed by atoms with van der Waals surface area (Å²) < 4.78 is 5.14. The number of carbonyl (C=O) groups is 1. The van der Waals surface area contributed by atoms with Crippen LogP contribution in [0.5, 0.6) is 0 Å². The molecule has 112 valence electrons. The van der Waals surface area contributed by atoms with Crippen LogP contribution in [0, 0.1) is 0 Å². The van der Waals surface area contributed by atoms with Crippen LogP contribution in [0.2, 0.25) is 5.02 Å². The van der Waals surface area contributed by atoms with Gasteiger partial charge in [-0.25, -0.2) is 4.98 Å². The van der Waals surface area contributed by atoms with E-state index in [2.05, 4.69) is 10.3 Å². The summed E-state index contributed by atoms with van der Waals surface area (Å²) in [6.45, 7) is 0.361. The van der Waals surface area contributed by atoms with Crippen molar-refractivity contribution in [1.29, 1.82) is 0 Å². The quantitative estimate of drug-likeness (QED) is 0.912. The zero-order valence-corrected chi connectivity index (χ0v) is 12.4. The van der Waals surface area contributed by atoms with Crippen molar-refractivity contribution in [1.82, 2.24) is 10.3 Å². The second-order valence-corrected chi connectivity index (χ2v) is 5.20. The fourth-order valence-corrected chi connectivity index (χ4v) is 2.74. The monoisotopic (exact) mass is 315 g/mol. The number of halogens is 1. The van der Waals surface area contributed by atoms with Crippen LogP contribution in [0.1, 0.15) is 22.1 Å². The molecule has 1 amide bonds. The van der Waals surface area contributed by atoms with E-state index < -0.39 is 5.91 Å². The third kappa shape index (κ3) is 2.68. The highest BCUT2D eigenvalue weighted by Gasteiger charge is 2.24. The summed E-state index contributed by atoms with van der Waals surface area (Å²) in [5, 5.41) is 3.64. The molecule has 1 unspecified atom stereocenters. The van der Waals surface area contributed by atoms with E-state index in [1.54, 1.807) is 6.26 Å². The number of primary amides is 1. The second-order valence-electron chi connectivity index (χ2n) is 4.80. The minimum absolute atomic E-state index is 0.183. The maximum absolute atomic E-state index is 11.8. The average Bonchev–Trinajstić information content (AvgIpc) is 2.56. The van der Waals surface area contributed by atoms with Gasteiger partial charge >= 0.3 is 0 Å². The normalized spacial score (nSPS) is 17.0. The molecule has 1 aliphatic heterocycles. The molecule has 3 N–H and O–H groups in total. The highest BCUT2D eigenvalue weighted by atomic mass is 35.5. The van der Waals surface area contributed by atoms with Gasteiger partial charge in [-0.3, -0.25) is 10.1 Å². The molecule has 5 nitrogen and oxygen atoms in total. The topological polar surface area (TPSA) is 77.2 Å². The number of nitrogens with zero attached hydrogens (tertiary/aromatic N) is 1. The first-order chi connectivity index (χ1) is 10.7. The molecule has 1 aromatic carbocycles. The van der Waals surface area contributed by atoms with Gasteiger partial charge in [-0.15, -0.1) is 0 Å². The smallest absolute Gasteiger partial charge is 0.267 e. The summed E-state index contributed by atoms with van der Waals surface area (Å²) in [5.74, 6) is -0.590. The van der Waals surface area contributed by atoms with Gasteiger partial charge in [-0.05, 0) is 11.6 Å². The molecule has 0 bridgehead atoms.